The van der Waals surface area contributed by atoms with Gasteiger partial charge in [-0.15, -0.1) is 0 Å². The Labute approximate surface area is 248 Å². The lowest BCUT2D eigenvalue weighted by Gasteiger charge is -2.30. The first kappa shape index (κ1) is 29.6. The van der Waals surface area contributed by atoms with E-state index in [-0.39, 0.29) is 23.3 Å². The third-order valence-corrected chi connectivity index (χ3v) is 9.00. The third kappa shape index (κ3) is 7.13. The molecule has 0 bridgehead atoms. The van der Waals surface area contributed by atoms with Crippen LogP contribution in [0, 0.1) is 16.7 Å². The Morgan fingerprint density at radius 3 is 2.81 bits per heavy atom. The summed E-state index contributed by atoms with van der Waals surface area (Å²) in [6, 6.07) is 9.83. The van der Waals surface area contributed by atoms with Gasteiger partial charge in [-0.05, 0) is 88.0 Å². The standard InChI is InChI=1S/C33H43N7O2/c1-3-25(41)8-5-4-6-9-28(39-32(42)26-21-33(26)14-18-40(2)19-15-33)31-36-22-29(38-31)24-10-12-27-23(20-24)11-13-30(37-27)35-17-7-16-34/h7,10-13,16-17,20,22,26,28,34H,3-6,8-9,14-15,18-19,21H2,1-2H3,(H,35,37)(H,36,38)(H,39,42)/b17-7-,34-16?/t26-,28+/m1/s1. The van der Waals surface area contributed by atoms with Crippen molar-refractivity contribution in [3.63, 3.8) is 0 Å². The number of amides is 1. The van der Waals surface area contributed by atoms with Crippen LogP contribution in [0.4, 0.5) is 5.82 Å². The van der Waals surface area contributed by atoms with Crippen molar-refractivity contribution in [1.82, 2.24) is 25.2 Å². The van der Waals surface area contributed by atoms with E-state index in [4.69, 9.17) is 10.4 Å². The summed E-state index contributed by atoms with van der Waals surface area (Å²) in [7, 11) is 2.16. The lowest BCUT2D eigenvalue weighted by Crippen LogP contribution is -2.36. The number of benzene rings is 1. The number of rotatable bonds is 14. The lowest BCUT2D eigenvalue weighted by molar-refractivity contribution is -0.124. The highest BCUT2D eigenvalue weighted by Crippen LogP contribution is 2.59. The van der Waals surface area contributed by atoms with Crippen LogP contribution >= 0.6 is 0 Å². The zero-order valence-corrected chi connectivity index (χ0v) is 24.8. The van der Waals surface area contributed by atoms with Crippen molar-refractivity contribution < 1.29 is 9.59 Å². The number of hydrogen-bond donors (Lipinski definition) is 4. The van der Waals surface area contributed by atoms with Crippen LogP contribution in [-0.4, -0.2) is 57.9 Å². The van der Waals surface area contributed by atoms with E-state index < -0.39 is 0 Å². The van der Waals surface area contributed by atoms with Gasteiger partial charge in [0.05, 0.1) is 23.4 Å². The number of carbonyl (C=O) groups is 2. The van der Waals surface area contributed by atoms with Crippen molar-refractivity contribution in [3.05, 3.63) is 54.6 Å². The first-order chi connectivity index (χ1) is 20.4. The van der Waals surface area contributed by atoms with E-state index in [0.29, 0.717) is 24.4 Å². The fourth-order valence-corrected chi connectivity index (χ4v) is 6.12. The molecule has 2 fully saturated rings. The van der Waals surface area contributed by atoms with Crippen molar-refractivity contribution in [2.75, 3.05) is 25.5 Å². The summed E-state index contributed by atoms with van der Waals surface area (Å²) in [5.41, 5.74) is 2.95. The molecule has 9 nitrogen and oxygen atoms in total. The predicted octanol–water partition coefficient (Wildman–Crippen LogP) is 6.02. The highest BCUT2D eigenvalue weighted by Gasteiger charge is 2.58. The fourth-order valence-electron chi connectivity index (χ4n) is 6.12. The molecule has 1 spiro atoms. The maximum atomic E-state index is 13.5. The number of ketones is 1. The number of piperidine rings is 1. The van der Waals surface area contributed by atoms with Crippen molar-refractivity contribution >= 4 is 34.6 Å². The SMILES string of the molecule is CCC(=O)CCCCC[C@H](NC(=O)[C@H]1CC12CCN(C)CC2)c1ncc(-c2ccc3nc(N/C=C\C=N)ccc3c2)[nH]1. The number of aromatic nitrogens is 3. The second kappa shape index (κ2) is 13.4. The molecule has 42 heavy (non-hydrogen) atoms. The molecular weight excluding hydrogens is 526 g/mol. The highest BCUT2D eigenvalue weighted by atomic mass is 16.2. The van der Waals surface area contributed by atoms with Crippen molar-refractivity contribution in [1.29, 1.82) is 5.41 Å². The Morgan fingerprint density at radius 2 is 2.02 bits per heavy atom. The number of hydrogen-bond acceptors (Lipinski definition) is 7. The van der Waals surface area contributed by atoms with E-state index in [2.05, 4.69) is 38.6 Å². The molecule has 5 rings (SSSR count). The van der Waals surface area contributed by atoms with Crippen LogP contribution in [0.3, 0.4) is 0 Å². The van der Waals surface area contributed by atoms with Crippen LogP contribution in [0.5, 0.6) is 0 Å². The van der Waals surface area contributed by atoms with Crippen LogP contribution < -0.4 is 10.6 Å². The molecule has 1 aliphatic carbocycles. The topological polar surface area (TPSA) is 127 Å². The fraction of sp³-hybridized carbons (Fsp3) is 0.485. The third-order valence-electron chi connectivity index (χ3n) is 9.00. The number of aromatic amines is 1. The Morgan fingerprint density at radius 1 is 1.19 bits per heavy atom. The minimum absolute atomic E-state index is 0.0956. The van der Waals surface area contributed by atoms with Crippen molar-refractivity contribution in [3.8, 4) is 11.3 Å². The molecule has 0 radical (unpaired) electrons. The zero-order valence-electron chi connectivity index (χ0n) is 24.8. The van der Waals surface area contributed by atoms with Crippen LogP contribution in [0.2, 0.25) is 0 Å². The summed E-state index contributed by atoms with van der Waals surface area (Å²) in [6.45, 7) is 4.04. The minimum Gasteiger partial charge on any atom is -0.347 e. The number of fused-ring (bicyclic) bond motifs is 1. The van der Waals surface area contributed by atoms with Crippen LogP contribution in [0.15, 0.2) is 48.8 Å². The van der Waals surface area contributed by atoms with Crippen LogP contribution in [0.1, 0.15) is 76.6 Å². The molecule has 2 aromatic heterocycles. The number of pyridine rings is 1. The van der Waals surface area contributed by atoms with Gasteiger partial charge in [0.15, 0.2) is 0 Å². The smallest absolute Gasteiger partial charge is 0.224 e. The molecule has 1 aromatic carbocycles. The average Bonchev–Trinajstić information content (AvgIpc) is 3.48. The van der Waals surface area contributed by atoms with Gasteiger partial charge >= 0.3 is 0 Å². The summed E-state index contributed by atoms with van der Waals surface area (Å²) in [6.07, 6.45) is 14.3. The molecule has 1 amide bonds. The summed E-state index contributed by atoms with van der Waals surface area (Å²) in [5.74, 6) is 2.05. The van der Waals surface area contributed by atoms with Crippen molar-refractivity contribution in [2.45, 2.75) is 70.8 Å². The highest BCUT2D eigenvalue weighted by molar-refractivity contribution is 5.85. The number of nitrogens with one attached hydrogen (secondary N) is 4. The molecular formula is C33H43N7O2. The number of likely N-dealkylation sites (tertiary alicyclic amines) is 1. The zero-order chi connectivity index (χ0) is 29.5. The van der Waals surface area contributed by atoms with E-state index in [1.165, 1.54) is 6.21 Å². The van der Waals surface area contributed by atoms with E-state index in [1.807, 2.05) is 37.4 Å². The number of anilines is 1. The normalized spacial score (nSPS) is 18.8. The van der Waals surface area contributed by atoms with Gasteiger partial charge in [0, 0.05) is 42.1 Å². The van der Waals surface area contributed by atoms with E-state index in [1.54, 1.807) is 12.3 Å². The number of imidazole rings is 1. The Hall–Kier alpha value is -3.85. The molecule has 1 saturated heterocycles. The summed E-state index contributed by atoms with van der Waals surface area (Å²) >= 11 is 0. The first-order valence-corrected chi connectivity index (χ1v) is 15.3. The maximum Gasteiger partial charge on any atom is 0.224 e. The number of unbranched alkanes of at least 4 members (excludes halogenated alkanes) is 2. The molecule has 0 unspecified atom stereocenters. The maximum absolute atomic E-state index is 13.5. The van der Waals surface area contributed by atoms with Gasteiger partial charge in [-0.1, -0.05) is 25.8 Å². The molecule has 1 aliphatic heterocycles. The number of allylic oxidation sites excluding steroid dienone is 1. The molecule has 4 N–H and O–H groups in total. The van der Waals surface area contributed by atoms with Gasteiger partial charge in [0.2, 0.25) is 5.91 Å². The van der Waals surface area contributed by atoms with Gasteiger partial charge < -0.3 is 25.9 Å². The largest absolute Gasteiger partial charge is 0.347 e. The second-order valence-electron chi connectivity index (χ2n) is 11.9. The molecule has 2 atom stereocenters. The molecule has 3 heterocycles. The van der Waals surface area contributed by atoms with Crippen LogP contribution in [-0.2, 0) is 9.59 Å². The predicted molar refractivity (Wildman–Crippen MR) is 167 cm³/mol. The molecule has 3 aromatic rings. The second-order valence-corrected chi connectivity index (χ2v) is 11.9. The number of carbonyl (C=O) groups excluding carboxylic acids is 2. The minimum atomic E-state index is -0.193. The number of H-pyrrole nitrogens is 1. The summed E-state index contributed by atoms with van der Waals surface area (Å²) in [4.78, 5) is 40.4. The quantitative estimate of drug-likeness (QED) is 0.139. The Balaban J connectivity index is 1.28. The van der Waals surface area contributed by atoms with E-state index in [0.717, 1.165) is 86.0 Å². The lowest BCUT2D eigenvalue weighted by atomic mass is 9.91. The molecule has 9 heteroatoms. The summed E-state index contributed by atoms with van der Waals surface area (Å²) < 4.78 is 0. The summed E-state index contributed by atoms with van der Waals surface area (Å²) in [5, 5.41) is 14.5. The van der Waals surface area contributed by atoms with Crippen LogP contribution in [0.25, 0.3) is 22.2 Å². The average molecular weight is 570 g/mol. The monoisotopic (exact) mass is 569 g/mol. The molecule has 1 saturated carbocycles. The Bertz CT molecular complexity index is 1440. The van der Waals surface area contributed by atoms with Gasteiger partial charge in [-0.3, -0.25) is 9.59 Å². The van der Waals surface area contributed by atoms with Gasteiger partial charge in [0.25, 0.3) is 0 Å². The molecule has 222 valence electrons. The van der Waals surface area contributed by atoms with E-state index in [9.17, 15) is 9.59 Å². The van der Waals surface area contributed by atoms with Gasteiger partial charge in [-0.2, -0.15) is 0 Å². The number of nitrogens with zero attached hydrogens (tertiary/aromatic N) is 3. The van der Waals surface area contributed by atoms with Gasteiger partial charge in [0.1, 0.15) is 17.4 Å². The number of Topliss-reactive ketones (excluding diaryl/α,β-unsaturated/α-hetero) is 1. The first-order valence-electron chi connectivity index (χ1n) is 15.3. The van der Waals surface area contributed by atoms with E-state index >= 15 is 0 Å². The van der Waals surface area contributed by atoms with Gasteiger partial charge in [-0.25, -0.2) is 9.97 Å². The van der Waals surface area contributed by atoms with Crippen molar-refractivity contribution in [2.24, 2.45) is 11.3 Å². The molecule has 2 aliphatic rings. The Kier molecular flexibility index (Phi) is 9.47.